The van der Waals surface area contributed by atoms with E-state index in [-0.39, 0.29) is 25.0 Å². The number of halogens is 3. The third kappa shape index (κ3) is 2.89. The summed E-state index contributed by atoms with van der Waals surface area (Å²) in [5.41, 5.74) is 5.49. The van der Waals surface area contributed by atoms with Crippen molar-refractivity contribution in [1.82, 2.24) is 4.31 Å². The first kappa shape index (κ1) is 16.3. The summed E-state index contributed by atoms with van der Waals surface area (Å²) in [7, 11) is -4.01. The van der Waals surface area contributed by atoms with E-state index >= 15 is 0 Å². The normalized spacial score (nSPS) is 20.3. The molecule has 108 valence electrons. The Bertz CT molecular complexity index is 554. The van der Waals surface area contributed by atoms with Crippen molar-refractivity contribution in [2.45, 2.75) is 23.8 Å². The Morgan fingerprint density at radius 3 is 2.68 bits per heavy atom. The number of rotatable bonds is 3. The highest BCUT2D eigenvalue weighted by Gasteiger charge is 2.36. The van der Waals surface area contributed by atoms with Crippen LogP contribution in [-0.4, -0.2) is 31.9 Å². The Kier molecular flexibility index (Phi) is 5.26. The van der Waals surface area contributed by atoms with Crippen LogP contribution in [0.15, 0.2) is 23.1 Å². The Morgan fingerprint density at radius 1 is 1.37 bits per heavy atom. The molecule has 0 bridgehead atoms. The van der Waals surface area contributed by atoms with E-state index < -0.39 is 26.6 Å². The average molecular weight is 313 g/mol. The lowest BCUT2D eigenvalue weighted by atomic mass is 10.2. The molecule has 8 heteroatoms. The first-order chi connectivity index (χ1) is 8.48. The van der Waals surface area contributed by atoms with Gasteiger partial charge in [-0.05, 0) is 25.0 Å². The second-order valence-electron chi connectivity index (χ2n) is 4.20. The molecule has 1 aromatic carbocycles. The number of hydrogen-bond donors (Lipinski definition) is 1. The Balaban J connectivity index is 0.00000180. The molecule has 0 saturated carbocycles. The van der Waals surface area contributed by atoms with Gasteiger partial charge in [0, 0.05) is 19.1 Å². The van der Waals surface area contributed by atoms with E-state index in [1.807, 2.05) is 0 Å². The van der Waals surface area contributed by atoms with Crippen molar-refractivity contribution in [3.05, 3.63) is 29.8 Å². The van der Waals surface area contributed by atoms with Crippen LogP contribution < -0.4 is 5.73 Å². The molecule has 1 atom stereocenters. The maximum absolute atomic E-state index is 13.6. The quantitative estimate of drug-likeness (QED) is 0.920. The van der Waals surface area contributed by atoms with Crippen molar-refractivity contribution in [1.29, 1.82) is 0 Å². The van der Waals surface area contributed by atoms with Crippen LogP contribution in [0.5, 0.6) is 0 Å². The van der Waals surface area contributed by atoms with Crippen molar-refractivity contribution in [2.24, 2.45) is 5.73 Å². The van der Waals surface area contributed by atoms with Gasteiger partial charge in [-0.25, -0.2) is 17.2 Å². The van der Waals surface area contributed by atoms with Gasteiger partial charge in [-0.3, -0.25) is 0 Å². The Labute approximate surface area is 117 Å². The molecular weight excluding hydrogens is 298 g/mol. The van der Waals surface area contributed by atoms with E-state index in [0.29, 0.717) is 19.4 Å². The molecule has 0 aromatic heterocycles. The van der Waals surface area contributed by atoms with E-state index in [0.717, 1.165) is 16.4 Å². The van der Waals surface area contributed by atoms with E-state index in [9.17, 15) is 17.2 Å². The average Bonchev–Trinajstić information content (AvgIpc) is 2.81. The van der Waals surface area contributed by atoms with Gasteiger partial charge in [0.1, 0.15) is 4.90 Å². The van der Waals surface area contributed by atoms with Crippen LogP contribution in [0.1, 0.15) is 12.8 Å². The lowest BCUT2D eigenvalue weighted by Gasteiger charge is -2.23. The molecule has 1 heterocycles. The minimum absolute atomic E-state index is 0. The van der Waals surface area contributed by atoms with Crippen molar-refractivity contribution >= 4 is 22.4 Å². The van der Waals surface area contributed by atoms with Gasteiger partial charge in [-0.1, -0.05) is 6.07 Å². The van der Waals surface area contributed by atoms with Gasteiger partial charge in [0.05, 0.1) is 0 Å². The first-order valence-electron chi connectivity index (χ1n) is 5.64. The number of benzene rings is 1. The maximum Gasteiger partial charge on any atom is 0.246 e. The van der Waals surface area contributed by atoms with Gasteiger partial charge in [-0.2, -0.15) is 4.31 Å². The van der Waals surface area contributed by atoms with E-state index in [1.54, 1.807) is 0 Å². The largest absolute Gasteiger partial charge is 0.329 e. The molecule has 1 aliphatic rings. The van der Waals surface area contributed by atoms with Gasteiger partial charge in [0.25, 0.3) is 0 Å². The highest BCUT2D eigenvalue weighted by Crippen LogP contribution is 2.27. The van der Waals surface area contributed by atoms with Gasteiger partial charge >= 0.3 is 0 Å². The molecule has 0 aliphatic carbocycles. The van der Waals surface area contributed by atoms with Gasteiger partial charge in [0.2, 0.25) is 10.0 Å². The highest BCUT2D eigenvalue weighted by atomic mass is 35.5. The molecule has 1 aromatic rings. The lowest BCUT2D eigenvalue weighted by Crippen LogP contribution is -2.40. The monoisotopic (exact) mass is 312 g/mol. The second kappa shape index (κ2) is 6.13. The number of hydrogen-bond acceptors (Lipinski definition) is 3. The zero-order chi connectivity index (χ0) is 13.3. The molecule has 2 N–H and O–H groups in total. The molecule has 0 spiro atoms. The zero-order valence-corrected chi connectivity index (χ0v) is 11.7. The number of nitrogens with zero attached hydrogens (tertiary/aromatic N) is 1. The predicted molar refractivity (Wildman–Crippen MR) is 69.6 cm³/mol. The molecule has 1 unspecified atom stereocenters. The van der Waals surface area contributed by atoms with Crippen LogP contribution in [0.3, 0.4) is 0 Å². The fourth-order valence-corrected chi connectivity index (χ4v) is 3.95. The second-order valence-corrected chi connectivity index (χ2v) is 6.06. The lowest BCUT2D eigenvalue weighted by molar-refractivity contribution is 0.387. The third-order valence-electron chi connectivity index (χ3n) is 3.10. The van der Waals surface area contributed by atoms with Gasteiger partial charge in [0.15, 0.2) is 11.6 Å². The summed E-state index contributed by atoms with van der Waals surface area (Å²) < 4.78 is 52.3. The van der Waals surface area contributed by atoms with E-state index in [2.05, 4.69) is 0 Å². The molecule has 1 aliphatic heterocycles. The molecule has 0 amide bonds. The number of sulfonamides is 1. The van der Waals surface area contributed by atoms with Crippen molar-refractivity contribution < 1.29 is 17.2 Å². The summed E-state index contributed by atoms with van der Waals surface area (Å²) in [5, 5.41) is 0. The van der Waals surface area contributed by atoms with Crippen LogP contribution in [0.2, 0.25) is 0 Å². The standard InChI is InChI=1S/C11H14F2N2O2S.ClH/c12-9-4-1-5-10(11(9)13)18(16,17)15-6-2-3-8(15)7-14;/h1,4-5,8H,2-3,6-7,14H2;1H. The molecule has 1 fully saturated rings. The summed E-state index contributed by atoms with van der Waals surface area (Å²) in [5.74, 6) is -2.50. The van der Waals surface area contributed by atoms with Crippen LogP contribution in [-0.2, 0) is 10.0 Å². The van der Waals surface area contributed by atoms with Crippen LogP contribution in [0.4, 0.5) is 8.78 Å². The van der Waals surface area contributed by atoms with Gasteiger partial charge in [-0.15, -0.1) is 12.4 Å². The minimum Gasteiger partial charge on any atom is -0.329 e. The Morgan fingerprint density at radius 2 is 2.05 bits per heavy atom. The smallest absolute Gasteiger partial charge is 0.246 e. The Hall–Kier alpha value is -0.760. The fourth-order valence-electron chi connectivity index (χ4n) is 2.17. The topological polar surface area (TPSA) is 63.4 Å². The summed E-state index contributed by atoms with van der Waals surface area (Å²) >= 11 is 0. The summed E-state index contributed by atoms with van der Waals surface area (Å²) in [6.45, 7) is 0.469. The molecule has 19 heavy (non-hydrogen) atoms. The van der Waals surface area contributed by atoms with Crippen molar-refractivity contribution in [3.8, 4) is 0 Å². The summed E-state index contributed by atoms with van der Waals surface area (Å²) in [4.78, 5) is -0.622. The first-order valence-corrected chi connectivity index (χ1v) is 7.08. The highest BCUT2D eigenvalue weighted by molar-refractivity contribution is 7.89. The van der Waals surface area contributed by atoms with Gasteiger partial charge < -0.3 is 5.73 Å². The van der Waals surface area contributed by atoms with Crippen LogP contribution in [0, 0.1) is 11.6 Å². The SMILES string of the molecule is Cl.NCC1CCCN1S(=O)(=O)c1cccc(F)c1F. The fraction of sp³-hybridized carbons (Fsp3) is 0.455. The summed E-state index contributed by atoms with van der Waals surface area (Å²) in [6, 6.07) is 2.80. The van der Waals surface area contributed by atoms with Crippen LogP contribution in [0.25, 0.3) is 0 Å². The molecule has 4 nitrogen and oxygen atoms in total. The maximum atomic E-state index is 13.6. The van der Waals surface area contributed by atoms with E-state index in [4.69, 9.17) is 5.73 Å². The van der Waals surface area contributed by atoms with E-state index in [1.165, 1.54) is 6.07 Å². The molecule has 0 radical (unpaired) electrons. The molecule has 1 saturated heterocycles. The van der Waals surface area contributed by atoms with Crippen molar-refractivity contribution in [3.63, 3.8) is 0 Å². The molecule has 2 rings (SSSR count). The van der Waals surface area contributed by atoms with Crippen molar-refractivity contribution in [2.75, 3.05) is 13.1 Å². The minimum atomic E-state index is -4.01. The molecular formula is C11H15ClF2N2O2S. The number of nitrogens with two attached hydrogens (primary N) is 1. The predicted octanol–water partition coefficient (Wildman–Crippen LogP) is 1.50. The van der Waals surface area contributed by atoms with Crippen LogP contribution >= 0.6 is 12.4 Å². The zero-order valence-electron chi connectivity index (χ0n) is 10.1. The summed E-state index contributed by atoms with van der Waals surface area (Å²) in [6.07, 6.45) is 1.32. The third-order valence-corrected chi connectivity index (χ3v) is 5.07.